The van der Waals surface area contributed by atoms with Gasteiger partial charge in [0.05, 0.1) is 13.2 Å². The molecule has 0 saturated carbocycles. The standard InChI is InChI=1S/C41H70NO8P/c1-3-5-7-9-11-13-15-16-17-18-19-20-21-22-24-26-28-30-32-34-41(44)50-39(38-49-51(45,46)48-36-35-42)37-47-40(43)33-31-29-27-25-23-14-12-10-8-6-4-2/h5,7,11,13,16-17,19-20,22,24,28,30,39H,3-4,6,8-10,12,14-15,18,21,23,25-27,29,31-38,42H2,1-2H3,(H,45,46)/b7-5-,13-11-,17-16-,20-19-,24-22-,30-28-/t39-/m1/s1. The predicted molar refractivity (Wildman–Crippen MR) is 210 cm³/mol. The summed E-state index contributed by atoms with van der Waals surface area (Å²) in [6, 6.07) is 0. The molecule has 2 atom stereocenters. The highest BCUT2D eigenvalue weighted by Gasteiger charge is 2.25. The number of phosphoric ester groups is 1. The van der Waals surface area contributed by atoms with E-state index in [1.54, 1.807) is 0 Å². The molecule has 0 fully saturated rings. The smallest absolute Gasteiger partial charge is 0.462 e. The van der Waals surface area contributed by atoms with Crippen LogP contribution in [0.25, 0.3) is 0 Å². The Labute approximate surface area is 310 Å². The van der Waals surface area contributed by atoms with Crippen molar-refractivity contribution in [2.45, 2.75) is 148 Å². The van der Waals surface area contributed by atoms with Gasteiger partial charge in [-0.2, -0.15) is 0 Å². The van der Waals surface area contributed by atoms with E-state index in [4.69, 9.17) is 24.3 Å². The Morgan fingerprint density at radius 1 is 0.608 bits per heavy atom. The highest BCUT2D eigenvalue weighted by molar-refractivity contribution is 7.47. The van der Waals surface area contributed by atoms with Crippen LogP contribution in [0.1, 0.15) is 142 Å². The van der Waals surface area contributed by atoms with E-state index in [-0.39, 0.29) is 32.6 Å². The minimum Gasteiger partial charge on any atom is -0.462 e. The van der Waals surface area contributed by atoms with Gasteiger partial charge in [-0.15, -0.1) is 0 Å². The first-order valence-electron chi connectivity index (χ1n) is 19.4. The van der Waals surface area contributed by atoms with E-state index < -0.39 is 32.5 Å². The number of unbranched alkanes of at least 4 members (excludes halogenated alkanes) is 10. The summed E-state index contributed by atoms with van der Waals surface area (Å²) in [6.07, 6.45) is 43.8. The maximum Gasteiger partial charge on any atom is 0.472 e. The fourth-order valence-corrected chi connectivity index (χ4v) is 5.54. The molecule has 0 aliphatic rings. The lowest BCUT2D eigenvalue weighted by atomic mass is 10.1. The number of esters is 2. The number of carbonyl (C=O) groups excluding carboxylic acids is 2. The van der Waals surface area contributed by atoms with Crippen LogP contribution in [0.2, 0.25) is 0 Å². The molecule has 0 amide bonds. The molecule has 1 unspecified atom stereocenters. The summed E-state index contributed by atoms with van der Waals surface area (Å²) in [5.74, 6) is -0.934. The highest BCUT2D eigenvalue weighted by Crippen LogP contribution is 2.43. The van der Waals surface area contributed by atoms with Crippen molar-refractivity contribution >= 4 is 19.8 Å². The fourth-order valence-electron chi connectivity index (χ4n) is 4.78. The van der Waals surface area contributed by atoms with Gasteiger partial charge in [-0.1, -0.05) is 151 Å². The van der Waals surface area contributed by atoms with Crippen LogP contribution in [0.3, 0.4) is 0 Å². The van der Waals surface area contributed by atoms with E-state index in [9.17, 15) is 19.0 Å². The van der Waals surface area contributed by atoms with Crippen molar-refractivity contribution in [3.8, 4) is 0 Å². The Bertz CT molecular complexity index is 1070. The molecule has 0 rings (SSSR count). The third-order valence-electron chi connectivity index (χ3n) is 7.62. The SMILES string of the molecule is CC/C=C\C/C=C\C/C=C\C/C=C\C/C=C\C/C=C\CCC(=O)O[C@H](COC(=O)CCCCCCCCCCCCC)COP(=O)(O)OCCN. The molecule has 0 aliphatic carbocycles. The Kier molecular flexibility index (Phi) is 35.4. The first-order valence-corrected chi connectivity index (χ1v) is 20.9. The van der Waals surface area contributed by atoms with Crippen LogP contribution in [0.5, 0.6) is 0 Å². The second-order valence-corrected chi connectivity index (χ2v) is 13.9. The summed E-state index contributed by atoms with van der Waals surface area (Å²) in [7, 11) is -4.39. The lowest BCUT2D eigenvalue weighted by molar-refractivity contribution is -0.161. The van der Waals surface area contributed by atoms with Gasteiger partial charge in [0.25, 0.3) is 0 Å². The quantitative estimate of drug-likeness (QED) is 0.0282. The van der Waals surface area contributed by atoms with Crippen LogP contribution in [0, 0.1) is 0 Å². The number of hydrogen-bond donors (Lipinski definition) is 2. The summed E-state index contributed by atoms with van der Waals surface area (Å²) in [5, 5.41) is 0. The second-order valence-electron chi connectivity index (χ2n) is 12.4. The molecule has 292 valence electrons. The average molecular weight is 736 g/mol. The van der Waals surface area contributed by atoms with Crippen LogP contribution < -0.4 is 5.73 Å². The third kappa shape index (κ3) is 37.0. The van der Waals surface area contributed by atoms with Crippen molar-refractivity contribution in [3.05, 3.63) is 72.9 Å². The van der Waals surface area contributed by atoms with E-state index >= 15 is 0 Å². The summed E-state index contributed by atoms with van der Waals surface area (Å²) in [4.78, 5) is 34.7. The molecule has 3 N–H and O–H groups in total. The van der Waals surface area contributed by atoms with Gasteiger partial charge in [0.15, 0.2) is 6.10 Å². The lowest BCUT2D eigenvalue weighted by Gasteiger charge is -2.19. The first kappa shape index (κ1) is 48.5. The minimum atomic E-state index is -4.39. The number of nitrogens with two attached hydrogens (primary N) is 1. The number of carbonyl (C=O) groups is 2. The molecule has 0 aliphatic heterocycles. The second kappa shape index (κ2) is 37.2. The highest BCUT2D eigenvalue weighted by atomic mass is 31.2. The monoisotopic (exact) mass is 735 g/mol. The summed E-state index contributed by atoms with van der Waals surface area (Å²) in [6.45, 7) is 3.49. The zero-order valence-corrected chi connectivity index (χ0v) is 32.7. The van der Waals surface area contributed by atoms with Crippen molar-refractivity contribution in [3.63, 3.8) is 0 Å². The van der Waals surface area contributed by atoms with Crippen molar-refractivity contribution < 1.29 is 37.6 Å². The van der Waals surface area contributed by atoms with Gasteiger partial charge < -0.3 is 20.1 Å². The van der Waals surface area contributed by atoms with Crippen LogP contribution in [-0.2, 0) is 32.7 Å². The third-order valence-corrected chi connectivity index (χ3v) is 8.60. The van der Waals surface area contributed by atoms with Gasteiger partial charge in [-0.25, -0.2) is 4.57 Å². The normalized spacial score (nSPS) is 14.2. The molecule has 0 saturated heterocycles. The maximum absolute atomic E-state index is 12.5. The maximum atomic E-state index is 12.5. The molecule has 0 heterocycles. The first-order chi connectivity index (χ1) is 24.8. The number of rotatable bonds is 35. The number of phosphoric acid groups is 1. The number of hydrogen-bond acceptors (Lipinski definition) is 8. The number of allylic oxidation sites excluding steroid dienone is 12. The summed E-state index contributed by atoms with van der Waals surface area (Å²) in [5.41, 5.74) is 5.32. The zero-order valence-electron chi connectivity index (χ0n) is 31.8. The molecule has 0 aromatic heterocycles. The zero-order chi connectivity index (χ0) is 37.5. The molecule has 0 radical (unpaired) electrons. The van der Waals surface area contributed by atoms with Crippen LogP contribution >= 0.6 is 7.82 Å². The predicted octanol–water partition coefficient (Wildman–Crippen LogP) is 10.7. The molecule has 0 aromatic carbocycles. The van der Waals surface area contributed by atoms with Crippen molar-refractivity contribution in [2.75, 3.05) is 26.4 Å². The fraction of sp³-hybridized carbons (Fsp3) is 0.659. The molecule has 9 nitrogen and oxygen atoms in total. The van der Waals surface area contributed by atoms with Crippen molar-refractivity contribution in [1.82, 2.24) is 0 Å². The Balaban J connectivity index is 4.36. The average Bonchev–Trinajstić information content (AvgIpc) is 3.11. The van der Waals surface area contributed by atoms with Gasteiger partial charge in [0.2, 0.25) is 0 Å². The number of ether oxygens (including phenoxy) is 2. The lowest BCUT2D eigenvalue weighted by Crippen LogP contribution is -2.29. The van der Waals surface area contributed by atoms with Gasteiger partial charge in [-0.3, -0.25) is 18.6 Å². The summed E-state index contributed by atoms with van der Waals surface area (Å²) >= 11 is 0. The van der Waals surface area contributed by atoms with Crippen LogP contribution in [-0.4, -0.2) is 49.3 Å². The molecular formula is C41H70NO8P. The molecule has 51 heavy (non-hydrogen) atoms. The largest absolute Gasteiger partial charge is 0.472 e. The topological polar surface area (TPSA) is 134 Å². The molecule has 10 heteroatoms. The van der Waals surface area contributed by atoms with Crippen LogP contribution in [0.4, 0.5) is 0 Å². The van der Waals surface area contributed by atoms with Gasteiger partial charge in [0.1, 0.15) is 6.61 Å². The van der Waals surface area contributed by atoms with E-state index in [0.29, 0.717) is 6.42 Å². The minimum absolute atomic E-state index is 0.0393. The van der Waals surface area contributed by atoms with E-state index in [0.717, 1.165) is 57.8 Å². The van der Waals surface area contributed by atoms with Gasteiger partial charge >= 0.3 is 19.8 Å². The molecule has 0 bridgehead atoms. The van der Waals surface area contributed by atoms with Gasteiger partial charge in [-0.05, 0) is 51.4 Å². The Morgan fingerprint density at radius 3 is 1.57 bits per heavy atom. The Hall–Kier alpha value is -2.55. The summed E-state index contributed by atoms with van der Waals surface area (Å²) < 4.78 is 32.5. The van der Waals surface area contributed by atoms with E-state index in [2.05, 4.69) is 74.6 Å². The van der Waals surface area contributed by atoms with E-state index in [1.807, 2.05) is 12.2 Å². The molecule has 0 aromatic rings. The Morgan fingerprint density at radius 2 is 1.08 bits per heavy atom. The van der Waals surface area contributed by atoms with Crippen molar-refractivity contribution in [1.29, 1.82) is 0 Å². The molecule has 0 spiro atoms. The molecular weight excluding hydrogens is 665 g/mol. The van der Waals surface area contributed by atoms with Crippen LogP contribution in [0.15, 0.2) is 72.9 Å². The van der Waals surface area contributed by atoms with E-state index in [1.165, 1.54) is 51.4 Å². The van der Waals surface area contributed by atoms with Gasteiger partial charge in [0, 0.05) is 19.4 Å². The van der Waals surface area contributed by atoms with Crippen molar-refractivity contribution in [2.24, 2.45) is 5.73 Å².